The summed E-state index contributed by atoms with van der Waals surface area (Å²) in [5.41, 5.74) is 4.16. The third-order valence-corrected chi connectivity index (χ3v) is 2.88. The number of hydrogen-bond donors (Lipinski definition) is 1. The van der Waals surface area contributed by atoms with Gasteiger partial charge in [0, 0.05) is 10.7 Å². The first-order valence-electron chi connectivity index (χ1n) is 3.95. The normalized spacial score (nSPS) is 11.9. The van der Waals surface area contributed by atoms with Gasteiger partial charge < -0.3 is 10.5 Å². The first-order chi connectivity index (χ1) is 8.04. The summed E-state index contributed by atoms with van der Waals surface area (Å²) in [6.07, 6.45) is -5.19. The van der Waals surface area contributed by atoms with E-state index in [1.807, 2.05) is 0 Å². The summed E-state index contributed by atoms with van der Waals surface area (Å²) in [7, 11) is 0.348. The summed E-state index contributed by atoms with van der Waals surface area (Å²) in [4.78, 5) is 1.98. The zero-order valence-corrected chi connectivity index (χ0v) is 9.77. The summed E-state index contributed by atoms with van der Waals surface area (Å²) in [5, 5.41) is 8.52. The monoisotopic (exact) mass is 301 g/mol. The summed E-state index contributed by atoms with van der Waals surface area (Å²) >= 11 is 0. The van der Waals surface area contributed by atoms with Crippen molar-refractivity contribution in [2.75, 3.05) is 5.73 Å². The number of anilines is 1. The molecule has 2 N–H and O–H groups in total. The van der Waals surface area contributed by atoms with Crippen LogP contribution < -0.4 is 10.5 Å². The van der Waals surface area contributed by atoms with Crippen LogP contribution in [0.5, 0.6) is 5.88 Å². The Balaban J connectivity index is 3.52. The molecule has 18 heavy (non-hydrogen) atoms. The van der Waals surface area contributed by atoms with Gasteiger partial charge in [0.05, 0.1) is 5.69 Å². The Morgan fingerprint density at radius 2 is 2.06 bits per heavy atom. The average molecular weight is 302 g/mol. The topological polar surface area (TPSA) is 106 Å². The van der Waals surface area contributed by atoms with Gasteiger partial charge in [-0.05, 0) is 6.07 Å². The highest BCUT2D eigenvalue weighted by atomic mass is 35.7. The molecule has 0 bridgehead atoms. The lowest BCUT2D eigenvalue weighted by Crippen LogP contribution is -2.20. The molecule has 0 aliphatic heterocycles. The Morgan fingerprint density at radius 1 is 1.50 bits per heavy atom. The number of aromatic nitrogens is 1. The fourth-order valence-corrected chi connectivity index (χ4v) is 1.83. The van der Waals surface area contributed by atoms with Crippen molar-refractivity contribution in [3.05, 3.63) is 11.8 Å². The van der Waals surface area contributed by atoms with Crippen molar-refractivity contribution in [2.45, 2.75) is 11.3 Å². The smallest absolute Gasteiger partial charge is 0.396 e. The van der Waals surface area contributed by atoms with E-state index in [9.17, 15) is 21.6 Å². The maximum atomic E-state index is 12.0. The van der Waals surface area contributed by atoms with Crippen molar-refractivity contribution in [1.82, 2.24) is 4.98 Å². The lowest BCUT2D eigenvalue weighted by Gasteiger charge is -2.11. The lowest BCUT2D eigenvalue weighted by molar-refractivity contribution is -0.277. The molecule has 1 rings (SSSR count). The third kappa shape index (κ3) is 3.38. The number of nitriles is 1. The van der Waals surface area contributed by atoms with Gasteiger partial charge in [-0.3, -0.25) is 0 Å². The second-order valence-corrected chi connectivity index (χ2v) is 5.36. The molecule has 11 heteroatoms. The number of halogens is 4. The molecule has 0 saturated heterocycles. The van der Waals surface area contributed by atoms with Crippen molar-refractivity contribution in [2.24, 2.45) is 0 Å². The largest absolute Gasteiger partial charge is 0.574 e. The fourth-order valence-electron chi connectivity index (χ4n) is 0.939. The molecule has 0 atom stereocenters. The second kappa shape index (κ2) is 4.51. The van der Waals surface area contributed by atoms with Crippen molar-refractivity contribution < 1.29 is 26.3 Å². The summed E-state index contributed by atoms with van der Waals surface area (Å²) in [6.45, 7) is 0. The van der Waals surface area contributed by atoms with E-state index in [0.29, 0.717) is 6.07 Å². The molecule has 1 heterocycles. The van der Waals surface area contributed by atoms with Gasteiger partial charge in [-0.15, -0.1) is 13.2 Å². The van der Waals surface area contributed by atoms with Crippen molar-refractivity contribution in [1.29, 1.82) is 5.26 Å². The quantitative estimate of drug-likeness (QED) is 0.827. The first kappa shape index (κ1) is 14.3. The Morgan fingerprint density at radius 3 is 2.44 bits per heavy atom. The van der Waals surface area contributed by atoms with Gasteiger partial charge in [0.25, 0.3) is 9.05 Å². The van der Waals surface area contributed by atoms with Crippen LogP contribution in [0.4, 0.5) is 18.9 Å². The molecule has 1 aromatic heterocycles. The van der Waals surface area contributed by atoms with E-state index in [2.05, 4.69) is 9.72 Å². The number of hydrogen-bond acceptors (Lipinski definition) is 6. The minimum Gasteiger partial charge on any atom is -0.396 e. The maximum absolute atomic E-state index is 12.0. The molecule has 0 aliphatic carbocycles. The molecule has 0 radical (unpaired) electrons. The molecule has 6 nitrogen and oxygen atoms in total. The number of pyridine rings is 1. The van der Waals surface area contributed by atoms with Crippen molar-refractivity contribution in [3.8, 4) is 11.9 Å². The second-order valence-electron chi connectivity index (χ2n) is 2.83. The maximum Gasteiger partial charge on any atom is 0.574 e. The highest BCUT2D eigenvalue weighted by molar-refractivity contribution is 8.13. The van der Waals surface area contributed by atoms with E-state index in [0.717, 1.165) is 0 Å². The summed E-state index contributed by atoms with van der Waals surface area (Å²) in [5.74, 6) is -1.36. The minimum absolute atomic E-state index is 0.439. The van der Waals surface area contributed by atoms with E-state index in [1.54, 1.807) is 0 Å². The van der Waals surface area contributed by atoms with E-state index in [1.165, 1.54) is 6.07 Å². The number of nitrogen functional groups attached to an aromatic ring is 1. The molecule has 0 unspecified atom stereocenters. The van der Waals surface area contributed by atoms with Gasteiger partial charge in [0.15, 0.2) is 5.69 Å². The lowest BCUT2D eigenvalue weighted by atomic mass is 10.3. The summed E-state index contributed by atoms with van der Waals surface area (Å²) in [6, 6.07) is 1.94. The van der Waals surface area contributed by atoms with Gasteiger partial charge >= 0.3 is 6.36 Å². The molecule has 0 saturated carbocycles. The Hall–Kier alpha value is -1.73. The molecule has 0 amide bonds. The van der Waals surface area contributed by atoms with Crippen LogP contribution >= 0.6 is 10.7 Å². The van der Waals surface area contributed by atoms with Crippen LogP contribution in [0.25, 0.3) is 0 Å². The van der Waals surface area contributed by atoms with Crippen LogP contribution in [0, 0.1) is 11.3 Å². The Kier molecular flexibility index (Phi) is 3.59. The van der Waals surface area contributed by atoms with E-state index in [4.69, 9.17) is 21.7 Å². The van der Waals surface area contributed by atoms with Crippen molar-refractivity contribution in [3.63, 3.8) is 0 Å². The van der Waals surface area contributed by atoms with Gasteiger partial charge in [-0.2, -0.15) is 10.2 Å². The zero-order valence-electron chi connectivity index (χ0n) is 8.19. The minimum atomic E-state index is -5.19. The van der Waals surface area contributed by atoms with Gasteiger partial charge in [-0.25, -0.2) is 8.42 Å². The van der Waals surface area contributed by atoms with Gasteiger partial charge in [0.2, 0.25) is 5.88 Å². The van der Waals surface area contributed by atoms with Crippen LogP contribution in [-0.2, 0) is 9.05 Å². The molecule has 1 aromatic rings. The Bertz CT molecular complexity index is 623. The Labute approximate surface area is 103 Å². The zero-order chi connectivity index (χ0) is 14.1. The van der Waals surface area contributed by atoms with Crippen LogP contribution in [0.2, 0.25) is 0 Å². The predicted octanol–water partition coefficient (Wildman–Crippen LogP) is 1.36. The molecule has 0 aliphatic rings. The van der Waals surface area contributed by atoms with E-state index >= 15 is 0 Å². The van der Waals surface area contributed by atoms with Crippen LogP contribution in [0.15, 0.2) is 11.0 Å². The standard InChI is InChI=1S/C7H3ClF3N3O3S/c8-18(15,16)5-1-3(13)4(2-12)14-6(5)17-7(9,10)11/h1H,13H2. The number of nitrogens with zero attached hydrogens (tertiary/aromatic N) is 2. The average Bonchev–Trinajstić information content (AvgIpc) is 2.16. The highest BCUT2D eigenvalue weighted by Gasteiger charge is 2.35. The van der Waals surface area contributed by atoms with Crippen LogP contribution in [-0.4, -0.2) is 19.8 Å². The van der Waals surface area contributed by atoms with E-state index in [-0.39, 0.29) is 0 Å². The predicted molar refractivity (Wildman–Crippen MR) is 53.1 cm³/mol. The highest BCUT2D eigenvalue weighted by Crippen LogP contribution is 2.32. The van der Waals surface area contributed by atoms with E-state index < -0.39 is 37.6 Å². The van der Waals surface area contributed by atoms with Crippen LogP contribution in [0.3, 0.4) is 0 Å². The fraction of sp³-hybridized carbons (Fsp3) is 0.143. The number of rotatable bonds is 2. The SMILES string of the molecule is N#Cc1nc(OC(F)(F)F)c(S(=O)(=O)Cl)cc1N. The third-order valence-electron chi connectivity index (χ3n) is 1.57. The number of alkyl halides is 3. The molecule has 98 valence electrons. The summed E-state index contributed by atoms with van der Waals surface area (Å²) < 4.78 is 61.5. The molecule has 0 aromatic carbocycles. The van der Waals surface area contributed by atoms with Crippen molar-refractivity contribution >= 4 is 25.4 Å². The molecular formula is C7H3ClF3N3O3S. The molecular weight excluding hydrogens is 299 g/mol. The molecule has 0 fully saturated rings. The van der Waals surface area contributed by atoms with Gasteiger partial charge in [-0.1, -0.05) is 0 Å². The first-order valence-corrected chi connectivity index (χ1v) is 6.26. The molecule has 0 spiro atoms. The number of ether oxygens (including phenoxy) is 1. The number of nitrogens with two attached hydrogens (primary N) is 1. The van der Waals surface area contributed by atoms with Gasteiger partial charge in [0.1, 0.15) is 11.0 Å². The van der Waals surface area contributed by atoms with Crippen LogP contribution in [0.1, 0.15) is 5.69 Å².